The number of hydrogen-bond acceptors (Lipinski definition) is 7. The number of nitrogens with zero attached hydrogens (tertiary/aromatic N) is 5. The molecule has 3 N–H and O–H groups in total. The zero-order chi connectivity index (χ0) is 23.4. The Labute approximate surface area is 193 Å². The average molecular weight is 472 g/mol. The van der Waals surface area contributed by atoms with Crippen LogP contribution in [0.2, 0.25) is 0 Å². The third-order valence-corrected chi connectivity index (χ3v) is 8.28. The third kappa shape index (κ3) is 3.78. The lowest BCUT2D eigenvalue weighted by Gasteiger charge is -2.18. The molecule has 1 aliphatic carbocycles. The molecule has 2 atom stereocenters. The second-order valence-corrected chi connectivity index (χ2v) is 10.8. The van der Waals surface area contributed by atoms with E-state index in [0.29, 0.717) is 49.6 Å². The summed E-state index contributed by atoms with van der Waals surface area (Å²) in [5.41, 5.74) is 3.44. The summed E-state index contributed by atoms with van der Waals surface area (Å²) < 4.78 is 30.1. The van der Waals surface area contributed by atoms with Crippen molar-refractivity contribution in [2.24, 2.45) is 0 Å². The van der Waals surface area contributed by atoms with E-state index in [2.05, 4.69) is 15.0 Å². The molecule has 10 nitrogen and oxygen atoms in total. The van der Waals surface area contributed by atoms with Crippen LogP contribution in [0.5, 0.6) is 0 Å². The Morgan fingerprint density at radius 3 is 2.88 bits per heavy atom. The Morgan fingerprint density at radius 1 is 1.30 bits per heavy atom. The van der Waals surface area contributed by atoms with Gasteiger partial charge in [0.1, 0.15) is 5.52 Å². The van der Waals surface area contributed by atoms with Gasteiger partial charge in [0.25, 0.3) is 10.2 Å². The number of aryl methyl sites for hydroxylation is 1. The van der Waals surface area contributed by atoms with Crippen LogP contribution >= 0.6 is 0 Å². The van der Waals surface area contributed by atoms with E-state index in [1.165, 1.54) is 11.4 Å². The van der Waals surface area contributed by atoms with E-state index >= 15 is 0 Å². The summed E-state index contributed by atoms with van der Waals surface area (Å²) >= 11 is 0. The van der Waals surface area contributed by atoms with Crippen LogP contribution in [0.25, 0.3) is 22.6 Å². The van der Waals surface area contributed by atoms with Gasteiger partial charge in [-0.25, -0.2) is 19.7 Å². The first kappa shape index (κ1) is 22.2. The molecule has 3 heterocycles. The molecule has 2 aromatic heterocycles. The van der Waals surface area contributed by atoms with E-state index in [-0.39, 0.29) is 6.04 Å². The van der Waals surface area contributed by atoms with Gasteiger partial charge in [-0.1, -0.05) is 18.2 Å². The van der Waals surface area contributed by atoms with Crippen LogP contribution in [0.15, 0.2) is 24.5 Å². The average Bonchev–Trinajstić information content (AvgIpc) is 3.51. The lowest BCUT2D eigenvalue weighted by molar-refractivity contribution is 0.0595. The second kappa shape index (κ2) is 8.01. The highest BCUT2D eigenvalue weighted by Gasteiger charge is 2.34. The molecule has 0 radical (unpaired) electrons. The van der Waals surface area contributed by atoms with Gasteiger partial charge in [0.2, 0.25) is 0 Å². The number of fused-ring (bicyclic) bond motifs is 2. The van der Waals surface area contributed by atoms with Gasteiger partial charge in [0.15, 0.2) is 17.3 Å². The smallest absolute Gasteiger partial charge is 0.279 e. The van der Waals surface area contributed by atoms with Gasteiger partial charge in [-0.2, -0.15) is 12.7 Å². The number of aromatic nitrogens is 4. The van der Waals surface area contributed by atoms with Crippen LogP contribution in [0, 0.1) is 0 Å². The molecule has 5 rings (SSSR count). The molecule has 0 unspecified atom stereocenters. The summed E-state index contributed by atoms with van der Waals surface area (Å²) in [4.78, 5) is 14.2. The summed E-state index contributed by atoms with van der Waals surface area (Å²) in [7, 11) is -2.05. The van der Waals surface area contributed by atoms with Gasteiger partial charge >= 0.3 is 0 Å². The van der Waals surface area contributed by atoms with Gasteiger partial charge in [-0.15, -0.1) is 0 Å². The minimum atomic E-state index is -3.47. The highest BCUT2D eigenvalue weighted by atomic mass is 32.2. The molecule has 1 aliphatic heterocycles. The van der Waals surface area contributed by atoms with Crippen molar-refractivity contribution in [2.45, 2.75) is 51.3 Å². The highest BCUT2D eigenvalue weighted by Crippen LogP contribution is 2.41. The number of imidazole rings is 1. The Balaban J connectivity index is 1.56. The molecule has 176 valence electrons. The monoisotopic (exact) mass is 471 g/mol. The van der Waals surface area contributed by atoms with E-state index in [1.807, 2.05) is 36.6 Å². The van der Waals surface area contributed by atoms with Gasteiger partial charge in [-0.05, 0) is 44.2 Å². The maximum Gasteiger partial charge on any atom is 0.279 e. The Kier molecular flexibility index (Phi) is 5.39. The molecule has 0 amide bonds. The minimum Gasteiger partial charge on any atom is -0.385 e. The maximum absolute atomic E-state index is 12.2. The van der Waals surface area contributed by atoms with Gasteiger partial charge < -0.3 is 15.0 Å². The summed E-state index contributed by atoms with van der Waals surface area (Å²) in [6.07, 6.45) is 3.84. The number of benzene rings is 1. The lowest BCUT2D eigenvalue weighted by Crippen LogP contribution is -2.38. The SMILES string of the molecule is CCn1cnc2c(N[C@H]3CCN(S(=O)(=O)NC)C3)nc(-c3cccc4c3CC[C@@]4(C)O)nc21. The van der Waals surface area contributed by atoms with Crippen LogP contribution < -0.4 is 10.0 Å². The largest absolute Gasteiger partial charge is 0.385 e. The van der Waals surface area contributed by atoms with Crippen LogP contribution in [0.3, 0.4) is 0 Å². The maximum atomic E-state index is 12.2. The fraction of sp³-hybridized carbons (Fsp3) is 0.500. The minimum absolute atomic E-state index is 0.0897. The molecule has 0 bridgehead atoms. The van der Waals surface area contributed by atoms with Crippen molar-refractivity contribution in [2.75, 3.05) is 25.5 Å². The molecular weight excluding hydrogens is 442 g/mol. The Morgan fingerprint density at radius 2 is 2.12 bits per heavy atom. The molecule has 1 saturated heterocycles. The van der Waals surface area contributed by atoms with Gasteiger partial charge in [0.05, 0.1) is 11.9 Å². The van der Waals surface area contributed by atoms with E-state index in [4.69, 9.17) is 9.97 Å². The van der Waals surface area contributed by atoms with Crippen LogP contribution in [-0.2, 0) is 28.8 Å². The van der Waals surface area contributed by atoms with E-state index in [0.717, 1.165) is 28.8 Å². The fourth-order valence-electron chi connectivity index (χ4n) is 4.86. The van der Waals surface area contributed by atoms with Crippen molar-refractivity contribution in [3.63, 3.8) is 0 Å². The second-order valence-electron chi connectivity index (χ2n) is 8.90. The van der Waals surface area contributed by atoms with Crippen molar-refractivity contribution < 1.29 is 13.5 Å². The molecule has 0 saturated carbocycles. The van der Waals surface area contributed by atoms with Crippen LogP contribution in [-0.4, -0.2) is 63.5 Å². The highest BCUT2D eigenvalue weighted by molar-refractivity contribution is 7.87. The first-order valence-electron chi connectivity index (χ1n) is 11.3. The Bertz CT molecular complexity index is 1320. The Hall–Kier alpha value is -2.60. The molecule has 0 spiro atoms. The standard InChI is InChI=1S/C22H29N7O3S/c1-4-28-13-24-18-20(25-14-9-11-29(12-14)33(31,32)23-3)26-19(27-21(18)28)16-6-5-7-17-15(16)8-10-22(17,2)30/h5-7,13-14,23,30H,4,8-12H2,1-3H3,(H,25,26,27)/t14-,22+/m0/s1. The number of rotatable bonds is 6. The number of hydrogen-bond donors (Lipinski definition) is 3. The number of nitrogens with one attached hydrogen (secondary N) is 2. The van der Waals surface area contributed by atoms with Gasteiger partial charge in [0, 0.05) is 38.3 Å². The summed E-state index contributed by atoms with van der Waals surface area (Å²) in [5, 5.41) is 14.2. The van der Waals surface area contributed by atoms with E-state index in [9.17, 15) is 13.5 Å². The third-order valence-electron chi connectivity index (χ3n) is 6.75. The van der Waals surface area contributed by atoms with Crippen LogP contribution in [0.1, 0.15) is 37.8 Å². The molecule has 33 heavy (non-hydrogen) atoms. The quantitative estimate of drug-likeness (QED) is 0.499. The first-order chi connectivity index (χ1) is 15.7. The summed E-state index contributed by atoms with van der Waals surface area (Å²) in [5.74, 6) is 1.17. The number of anilines is 1. The van der Waals surface area contributed by atoms with E-state index < -0.39 is 15.8 Å². The summed E-state index contributed by atoms with van der Waals surface area (Å²) in [6, 6.07) is 5.81. The molecule has 11 heteroatoms. The van der Waals surface area contributed by atoms with Crippen molar-refractivity contribution in [3.8, 4) is 11.4 Å². The molecule has 1 aromatic carbocycles. The fourth-order valence-corrected chi connectivity index (χ4v) is 5.84. The zero-order valence-electron chi connectivity index (χ0n) is 19.0. The zero-order valence-corrected chi connectivity index (χ0v) is 19.9. The number of aliphatic hydroxyl groups is 1. The first-order valence-corrected chi connectivity index (χ1v) is 12.7. The van der Waals surface area contributed by atoms with Gasteiger partial charge in [-0.3, -0.25) is 0 Å². The van der Waals surface area contributed by atoms with Crippen molar-refractivity contribution >= 4 is 27.2 Å². The molecule has 1 fully saturated rings. The predicted molar refractivity (Wildman–Crippen MR) is 126 cm³/mol. The topological polar surface area (TPSA) is 125 Å². The molecule has 2 aliphatic rings. The van der Waals surface area contributed by atoms with E-state index in [1.54, 1.807) is 6.33 Å². The van der Waals surface area contributed by atoms with Crippen molar-refractivity contribution in [3.05, 3.63) is 35.7 Å². The van der Waals surface area contributed by atoms with Crippen molar-refractivity contribution in [1.29, 1.82) is 0 Å². The van der Waals surface area contributed by atoms with Crippen LogP contribution in [0.4, 0.5) is 5.82 Å². The molecular formula is C22H29N7O3S. The summed E-state index contributed by atoms with van der Waals surface area (Å²) in [6.45, 7) is 5.38. The predicted octanol–water partition coefficient (Wildman–Crippen LogP) is 1.62. The molecule has 3 aromatic rings. The normalized spacial score (nSPS) is 23.3. The lowest BCUT2D eigenvalue weighted by atomic mass is 9.96. The van der Waals surface area contributed by atoms with Crippen molar-refractivity contribution in [1.82, 2.24) is 28.5 Å².